The van der Waals surface area contributed by atoms with Crippen LogP contribution >= 0.6 is 0 Å². The van der Waals surface area contributed by atoms with E-state index in [9.17, 15) is 13.6 Å². The van der Waals surface area contributed by atoms with E-state index in [4.69, 9.17) is 5.11 Å². The molecule has 0 unspecified atom stereocenters. The molecular formula is C15H11F2NO2. The summed E-state index contributed by atoms with van der Waals surface area (Å²) in [5, 5.41) is 11.3. The monoisotopic (exact) mass is 275 g/mol. The van der Waals surface area contributed by atoms with Crippen LogP contribution in [-0.4, -0.2) is 11.0 Å². The number of carbonyl (C=O) groups is 1. The first-order valence-electron chi connectivity index (χ1n) is 5.78. The summed E-state index contributed by atoms with van der Waals surface area (Å²) in [5.74, 6) is -1.81. The molecule has 3 nitrogen and oxygen atoms in total. The Morgan fingerprint density at radius 2 is 1.80 bits per heavy atom. The van der Waals surface area contributed by atoms with Crippen molar-refractivity contribution in [2.24, 2.45) is 0 Å². The topological polar surface area (TPSA) is 49.3 Å². The van der Waals surface area contributed by atoms with E-state index in [1.165, 1.54) is 24.3 Å². The maximum absolute atomic E-state index is 13.3. The lowest BCUT2D eigenvalue weighted by Crippen LogP contribution is -2.09. The van der Waals surface area contributed by atoms with Gasteiger partial charge in [-0.05, 0) is 35.9 Å². The van der Waals surface area contributed by atoms with Crippen molar-refractivity contribution >= 4 is 17.7 Å². The Labute approximate surface area is 114 Å². The lowest BCUT2D eigenvalue weighted by Gasteiger charge is -2.03. The molecule has 0 saturated heterocycles. The quantitative estimate of drug-likeness (QED) is 0.844. The average molecular weight is 275 g/mol. The summed E-state index contributed by atoms with van der Waals surface area (Å²) >= 11 is 0. The molecule has 5 heteroatoms. The molecule has 1 amide bonds. The predicted molar refractivity (Wildman–Crippen MR) is 72.1 cm³/mol. The van der Waals surface area contributed by atoms with E-state index in [1.54, 1.807) is 12.1 Å². The number of hydrogen-bond donors (Lipinski definition) is 2. The largest absolute Gasteiger partial charge is 0.508 e. The maximum atomic E-state index is 13.3. The number of hydrogen-bond acceptors (Lipinski definition) is 2. The summed E-state index contributed by atoms with van der Waals surface area (Å²) in [6.07, 6.45) is 2.68. The van der Waals surface area contributed by atoms with Crippen LogP contribution < -0.4 is 5.32 Å². The van der Waals surface area contributed by atoms with Crippen molar-refractivity contribution in [3.63, 3.8) is 0 Å². The molecule has 2 rings (SSSR count). The molecule has 0 aliphatic rings. The van der Waals surface area contributed by atoms with E-state index in [-0.39, 0.29) is 11.4 Å². The third-order valence-electron chi connectivity index (χ3n) is 2.51. The van der Waals surface area contributed by atoms with Gasteiger partial charge in [0.2, 0.25) is 5.91 Å². The van der Waals surface area contributed by atoms with Crippen LogP contribution in [0.2, 0.25) is 0 Å². The van der Waals surface area contributed by atoms with Crippen LogP contribution in [0.15, 0.2) is 48.5 Å². The summed E-state index contributed by atoms with van der Waals surface area (Å²) in [4.78, 5) is 11.6. The van der Waals surface area contributed by atoms with Gasteiger partial charge in [0, 0.05) is 12.1 Å². The molecule has 20 heavy (non-hydrogen) atoms. The highest BCUT2D eigenvalue weighted by atomic mass is 19.1. The Morgan fingerprint density at radius 1 is 1.10 bits per heavy atom. The number of aromatic hydroxyl groups is 1. The van der Waals surface area contributed by atoms with Crippen LogP contribution in [0.25, 0.3) is 6.08 Å². The van der Waals surface area contributed by atoms with Crippen molar-refractivity contribution in [1.29, 1.82) is 0 Å². The third-order valence-corrected chi connectivity index (χ3v) is 2.51. The molecule has 2 aromatic carbocycles. The summed E-state index contributed by atoms with van der Waals surface area (Å²) in [7, 11) is 0. The molecule has 0 saturated carbocycles. The van der Waals surface area contributed by atoms with Crippen molar-refractivity contribution in [2.75, 3.05) is 5.32 Å². The fourth-order valence-corrected chi connectivity index (χ4v) is 1.53. The highest BCUT2D eigenvalue weighted by molar-refractivity contribution is 6.01. The lowest BCUT2D eigenvalue weighted by atomic mass is 10.2. The zero-order valence-corrected chi connectivity index (χ0v) is 10.3. The highest BCUT2D eigenvalue weighted by Gasteiger charge is 2.05. The number of phenols is 1. The van der Waals surface area contributed by atoms with Crippen molar-refractivity contribution in [2.45, 2.75) is 0 Å². The van der Waals surface area contributed by atoms with Gasteiger partial charge in [-0.1, -0.05) is 12.1 Å². The fourth-order valence-electron chi connectivity index (χ4n) is 1.53. The number of phenolic OH excluding ortho intramolecular Hbond substituents is 1. The molecule has 0 aromatic heterocycles. The van der Waals surface area contributed by atoms with Crippen molar-refractivity contribution in [3.8, 4) is 5.75 Å². The summed E-state index contributed by atoms with van der Waals surface area (Å²) in [5.41, 5.74) is 0.475. The van der Waals surface area contributed by atoms with Gasteiger partial charge in [-0.3, -0.25) is 4.79 Å². The predicted octanol–water partition coefficient (Wildman–Crippen LogP) is 3.32. The minimum atomic E-state index is -0.710. The van der Waals surface area contributed by atoms with Crippen molar-refractivity contribution in [3.05, 3.63) is 65.7 Å². The van der Waals surface area contributed by atoms with E-state index in [1.807, 2.05) is 0 Å². The molecule has 0 heterocycles. The number of benzene rings is 2. The Bertz CT molecular complexity index is 651. The van der Waals surface area contributed by atoms with Gasteiger partial charge in [0.05, 0.1) is 5.69 Å². The molecule has 0 fully saturated rings. The van der Waals surface area contributed by atoms with Crippen LogP contribution in [-0.2, 0) is 4.79 Å². The highest BCUT2D eigenvalue weighted by Crippen LogP contribution is 2.15. The normalized spacial score (nSPS) is 10.7. The first-order valence-corrected chi connectivity index (χ1v) is 5.78. The molecular weight excluding hydrogens is 264 g/mol. The first kappa shape index (κ1) is 13.7. The number of rotatable bonds is 3. The first-order chi connectivity index (χ1) is 9.54. The minimum Gasteiger partial charge on any atom is -0.508 e. The summed E-state index contributed by atoms with van der Waals surface area (Å²) < 4.78 is 26.2. The van der Waals surface area contributed by atoms with Gasteiger partial charge in [-0.15, -0.1) is 0 Å². The van der Waals surface area contributed by atoms with Gasteiger partial charge in [0.25, 0.3) is 0 Å². The SMILES string of the molecule is O=C(/C=C/c1ccc(O)cc1)Nc1cc(F)ccc1F. The molecule has 0 aliphatic heterocycles. The molecule has 2 aromatic rings. The van der Waals surface area contributed by atoms with Gasteiger partial charge in [-0.25, -0.2) is 8.78 Å². The number of anilines is 1. The molecule has 102 valence electrons. The minimum absolute atomic E-state index is 0.119. The number of nitrogens with one attached hydrogen (secondary N) is 1. The molecule has 0 aliphatic carbocycles. The zero-order valence-electron chi connectivity index (χ0n) is 10.3. The number of carbonyl (C=O) groups excluding carboxylic acids is 1. The molecule has 2 N–H and O–H groups in total. The van der Waals surface area contributed by atoms with Crippen LogP contribution in [0.1, 0.15) is 5.56 Å². The van der Waals surface area contributed by atoms with Gasteiger partial charge in [0.15, 0.2) is 0 Å². The second-order valence-electron chi connectivity index (χ2n) is 4.04. The molecule has 0 spiro atoms. The standard InChI is InChI=1S/C15H11F2NO2/c16-11-4-7-13(17)14(9-11)18-15(20)8-3-10-1-5-12(19)6-2-10/h1-9,19H,(H,18,20)/b8-3+. The van der Waals surface area contributed by atoms with Gasteiger partial charge >= 0.3 is 0 Å². The summed E-state index contributed by atoms with van der Waals surface area (Å²) in [6.45, 7) is 0. The maximum Gasteiger partial charge on any atom is 0.248 e. The average Bonchev–Trinajstić information content (AvgIpc) is 2.42. The van der Waals surface area contributed by atoms with Gasteiger partial charge < -0.3 is 10.4 Å². The van der Waals surface area contributed by atoms with Gasteiger partial charge in [-0.2, -0.15) is 0 Å². The summed E-state index contributed by atoms with van der Waals surface area (Å²) in [6, 6.07) is 8.99. The van der Waals surface area contributed by atoms with Gasteiger partial charge in [0.1, 0.15) is 17.4 Å². The Balaban J connectivity index is 2.05. The van der Waals surface area contributed by atoms with Crippen LogP contribution in [0.3, 0.4) is 0 Å². The van der Waals surface area contributed by atoms with Crippen molar-refractivity contribution < 1.29 is 18.7 Å². The third kappa shape index (κ3) is 3.65. The zero-order chi connectivity index (χ0) is 14.5. The van der Waals surface area contributed by atoms with E-state index in [2.05, 4.69) is 5.32 Å². The molecule has 0 atom stereocenters. The Hall–Kier alpha value is -2.69. The smallest absolute Gasteiger partial charge is 0.248 e. The van der Waals surface area contributed by atoms with Crippen LogP contribution in [0, 0.1) is 11.6 Å². The van der Waals surface area contributed by atoms with E-state index in [0.717, 1.165) is 18.2 Å². The van der Waals surface area contributed by atoms with Crippen LogP contribution in [0.4, 0.5) is 14.5 Å². The lowest BCUT2D eigenvalue weighted by molar-refractivity contribution is -0.111. The van der Waals surface area contributed by atoms with Crippen molar-refractivity contribution in [1.82, 2.24) is 0 Å². The molecule has 0 radical (unpaired) electrons. The second-order valence-corrected chi connectivity index (χ2v) is 4.04. The second kappa shape index (κ2) is 5.97. The van der Waals surface area contributed by atoms with E-state index >= 15 is 0 Å². The Morgan fingerprint density at radius 3 is 2.50 bits per heavy atom. The van der Waals surface area contributed by atoms with E-state index < -0.39 is 17.5 Å². The Kier molecular flexibility index (Phi) is 4.10. The number of amides is 1. The fraction of sp³-hybridized carbons (Fsp3) is 0. The number of halogens is 2. The molecule has 0 bridgehead atoms. The van der Waals surface area contributed by atoms with E-state index in [0.29, 0.717) is 5.56 Å². The van der Waals surface area contributed by atoms with Crippen LogP contribution in [0.5, 0.6) is 5.75 Å².